The summed E-state index contributed by atoms with van der Waals surface area (Å²) in [4.78, 5) is 11.6. The zero-order chi connectivity index (χ0) is 15.0. The van der Waals surface area contributed by atoms with Crippen molar-refractivity contribution in [3.63, 3.8) is 0 Å². The third-order valence-electron chi connectivity index (χ3n) is 3.11. The van der Waals surface area contributed by atoms with Crippen LogP contribution in [0, 0.1) is 0 Å². The Morgan fingerprint density at radius 2 is 2.20 bits per heavy atom. The van der Waals surface area contributed by atoms with Crippen molar-refractivity contribution in [3.05, 3.63) is 28.2 Å². The summed E-state index contributed by atoms with van der Waals surface area (Å²) in [5.74, 6) is 0.942. The van der Waals surface area contributed by atoms with Gasteiger partial charge in [-0.3, -0.25) is 4.79 Å². The minimum Gasteiger partial charge on any atom is -0.496 e. The van der Waals surface area contributed by atoms with E-state index in [4.69, 9.17) is 4.74 Å². The van der Waals surface area contributed by atoms with Gasteiger partial charge in [0.05, 0.1) is 7.11 Å². The first-order valence-corrected chi connectivity index (χ1v) is 7.68. The number of ether oxygens (including phenoxy) is 1. The first kappa shape index (κ1) is 17.0. The number of hydrogen-bond acceptors (Lipinski definition) is 3. The van der Waals surface area contributed by atoms with Gasteiger partial charge in [-0.15, -0.1) is 0 Å². The van der Waals surface area contributed by atoms with Gasteiger partial charge in [-0.25, -0.2) is 0 Å². The van der Waals surface area contributed by atoms with Gasteiger partial charge >= 0.3 is 0 Å². The van der Waals surface area contributed by atoms with Crippen molar-refractivity contribution in [2.45, 2.75) is 39.3 Å². The lowest BCUT2D eigenvalue weighted by Gasteiger charge is -2.12. The summed E-state index contributed by atoms with van der Waals surface area (Å²) in [7, 11) is 1.66. The number of amides is 1. The molecule has 5 heteroatoms. The average Bonchev–Trinajstić information content (AvgIpc) is 2.43. The van der Waals surface area contributed by atoms with Crippen LogP contribution >= 0.6 is 15.9 Å². The molecule has 1 unspecified atom stereocenters. The van der Waals surface area contributed by atoms with Crippen LogP contribution in [0.2, 0.25) is 0 Å². The van der Waals surface area contributed by atoms with Gasteiger partial charge in [0.25, 0.3) is 0 Å². The van der Waals surface area contributed by atoms with Gasteiger partial charge < -0.3 is 15.4 Å². The van der Waals surface area contributed by atoms with E-state index < -0.39 is 0 Å². The Hall–Kier alpha value is -1.07. The van der Waals surface area contributed by atoms with Gasteiger partial charge in [-0.1, -0.05) is 22.9 Å². The van der Waals surface area contributed by atoms with E-state index in [2.05, 4.69) is 33.5 Å². The maximum atomic E-state index is 11.6. The molecule has 0 saturated heterocycles. The third kappa shape index (κ3) is 5.92. The molecule has 0 spiro atoms. The molecule has 0 bridgehead atoms. The Labute approximate surface area is 129 Å². The zero-order valence-electron chi connectivity index (χ0n) is 12.3. The molecule has 0 aromatic heterocycles. The van der Waals surface area contributed by atoms with Crippen molar-refractivity contribution < 1.29 is 9.53 Å². The Kier molecular flexibility index (Phi) is 7.62. The number of nitrogens with one attached hydrogen (secondary N) is 2. The van der Waals surface area contributed by atoms with Gasteiger partial charge in [0.2, 0.25) is 5.91 Å². The molecule has 0 fully saturated rings. The van der Waals surface area contributed by atoms with Crippen LogP contribution in [-0.4, -0.2) is 25.6 Å². The van der Waals surface area contributed by atoms with Crippen molar-refractivity contribution in [2.75, 3.05) is 13.7 Å². The van der Waals surface area contributed by atoms with E-state index in [9.17, 15) is 4.79 Å². The summed E-state index contributed by atoms with van der Waals surface area (Å²) in [5.41, 5.74) is 1.07. The molecule has 0 aliphatic rings. The van der Waals surface area contributed by atoms with Crippen LogP contribution in [-0.2, 0) is 11.3 Å². The quantitative estimate of drug-likeness (QED) is 0.714. The van der Waals surface area contributed by atoms with Crippen LogP contribution in [0.5, 0.6) is 5.75 Å². The Balaban J connectivity index is 2.34. The normalized spacial score (nSPS) is 12.0. The second-order valence-electron chi connectivity index (χ2n) is 4.76. The van der Waals surface area contributed by atoms with E-state index in [-0.39, 0.29) is 11.9 Å². The predicted octanol–water partition coefficient (Wildman–Crippen LogP) is 2.85. The van der Waals surface area contributed by atoms with Crippen LogP contribution in [0.3, 0.4) is 0 Å². The lowest BCUT2D eigenvalue weighted by molar-refractivity contribution is -0.121. The van der Waals surface area contributed by atoms with E-state index in [0.29, 0.717) is 19.5 Å². The van der Waals surface area contributed by atoms with E-state index in [1.165, 1.54) is 0 Å². The minimum absolute atomic E-state index is 0.0908. The van der Waals surface area contributed by atoms with Crippen LogP contribution in [0.25, 0.3) is 0 Å². The molecular formula is C15H23BrN2O2. The monoisotopic (exact) mass is 342 g/mol. The summed E-state index contributed by atoms with van der Waals surface area (Å²) in [5, 5.41) is 6.21. The molecule has 1 aromatic rings. The third-order valence-corrected chi connectivity index (χ3v) is 3.60. The SMILES string of the molecule is CCC(C)NC(=O)CCNCc1cc(Br)ccc1OC. The zero-order valence-corrected chi connectivity index (χ0v) is 13.9. The molecule has 0 aliphatic heterocycles. The second kappa shape index (κ2) is 8.97. The highest BCUT2D eigenvalue weighted by Gasteiger charge is 2.06. The average molecular weight is 343 g/mol. The maximum Gasteiger partial charge on any atom is 0.221 e. The number of methoxy groups -OCH3 is 1. The van der Waals surface area contributed by atoms with Crippen molar-refractivity contribution in [1.82, 2.24) is 10.6 Å². The molecule has 1 aromatic carbocycles. The summed E-state index contributed by atoms with van der Waals surface area (Å²) >= 11 is 3.45. The van der Waals surface area contributed by atoms with Gasteiger partial charge in [-0.05, 0) is 31.5 Å². The second-order valence-corrected chi connectivity index (χ2v) is 5.68. The Morgan fingerprint density at radius 3 is 2.85 bits per heavy atom. The number of benzene rings is 1. The molecule has 1 amide bonds. The fourth-order valence-electron chi connectivity index (χ4n) is 1.76. The molecule has 2 N–H and O–H groups in total. The topological polar surface area (TPSA) is 50.4 Å². The van der Waals surface area contributed by atoms with E-state index in [0.717, 1.165) is 22.2 Å². The van der Waals surface area contributed by atoms with Crippen molar-refractivity contribution in [3.8, 4) is 5.75 Å². The summed E-state index contributed by atoms with van der Waals surface area (Å²) in [6, 6.07) is 6.14. The molecule has 4 nitrogen and oxygen atoms in total. The van der Waals surface area contributed by atoms with Crippen molar-refractivity contribution >= 4 is 21.8 Å². The molecule has 1 rings (SSSR count). The molecular weight excluding hydrogens is 320 g/mol. The fraction of sp³-hybridized carbons (Fsp3) is 0.533. The van der Waals surface area contributed by atoms with Crippen molar-refractivity contribution in [2.24, 2.45) is 0 Å². The maximum absolute atomic E-state index is 11.6. The highest BCUT2D eigenvalue weighted by atomic mass is 79.9. The molecule has 20 heavy (non-hydrogen) atoms. The summed E-state index contributed by atoms with van der Waals surface area (Å²) in [6.45, 7) is 5.40. The van der Waals surface area contributed by atoms with Crippen molar-refractivity contribution in [1.29, 1.82) is 0 Å². The first-order chi connectivity index (χ1) is 9.56. The number of halogens is 1. The molecule has 1 atom stereocenters. The van der Waals surface area contributed by atoms with E-state index >= 15 is 0 Å². The van der Waals surface area contributed by atoms with E-state index in [1.54, 1.807) is 7.11 Å². The number of hydrogen-bond donors (Lipinski definition) is 2. The molecule has 0 heterocycles. The van der Waals surface area contributed by atoms with Crippen LogP contribution in [0.4, 0.5) is 0 Å². The Morgan fingerprint density at radius 1 is 1.45 bits per heavy atom. The van der Waals surface area contributed by atoms with Gasteiger partial charge in [0, 0.05) is 35.6 Å². The number of rotatable bonds is 8. The fourth-order valence-corrected chi connectivity index (χ4v) is 2.17. The molecule has 112 valence electrons. The Bertz CT molecular complexity index is 438. The smallest absolute Gasteiger partial charge is 0.221 e. The van der Waals surface area contributed by atoms with Gasteiger partial charge in [0.1, 0.15) is 5.75 Å². The first-order valence-electron chi connectivity index (χ1n) is 6.89. The number of carbonyl (C=O) groups excluding carboxylic acids is 1. The predicted molar refractivity (Wildman–Crippen MR) is 84.9 cm³/mol. The standard InChI is InChI=1S/C15H23BrN2O2/c1-4-11(2)18-15(19)7-8-17-10-12-9-13(16)5-6-14(12)20-3/h5-6,9,11,17H,4,7-8,10H2,1-3H3,(H,18,19). The lowest BCUT2D eigenvalue weighted by atomic mass is 10.2. The molecule has 0 saturated carbocycles. The minimum atomic E-state index is 0.0908. The van der Waals surface area contributed by atoms with Gasteiger partial charge in [0.15, 0.2) is 0 Å². The molecule has 0 aliphatic carbocycles. The summed E-state index contributed by atoms with van der Waals surface area (Å²) in [6.07, 6.45) is 1.44. The highest BCUT2D eigenvalue weighted by molar-refractivity contribution is 9.10. The molecule has 0 radical (unpaired) electrons. The highest BCUT2D eigenvalue weighted by Crippen LogP contribution is 2.22. The number of carbonyl (C=O) groups is 1. The van der Waals surface area contributed by atoms with Crippen LogP contribution < -0.4 is 15.4 Å². The summed E-state index contributed by atoms with van der Waals surface area (Å²) < 4.78 is 6.32. The van der Waals surface area contributed by atoms with Crippen LogP contribution in [0.1, 0.15) is 32.3 Å². The lowest BCUT2D eigenvalue weighted by Crippen LogP contribution is -2.33. The van der Waals surface area contributed by atoms with Crippen LogP contribution in [0.15, 0.2) is 22.7 Å². The largest absolute Gasteiger partial charge is 0.496 e. The van der Waals surface area contributed by atoms with Gasteiger partial charge in [-0.2, -0.15) is 0 Å². The van der Waals surface area contributed by atoms with E-state index in [1.807, 2.05) is 25.1 Å².